The molecule has 8 aromatic carbocycles. The topological polar surface area (TPSA) is 78.6 Å². The van der Waals surface area contributed by atoms with E-state index in [0.29, 0.717) is 37.7 Å². The van der Waals surface area contributed by atoms with Gasteiger partial charge < -0.3 is 38.0 Å². The lowest BCUT2D eigenvalue weighted by molar-refractivity contribution is -0.0139. The van der Waals surface area contributed by atoms with E-state index in [9.17, 15) is 10.2 Å². The molecule has 12 rings (SSSR count). The van der Waals surface area contributed by atoms with E-state index in [-0.39, 0.29) is 25.4 Å². The van der Waals surface area contributed by atoms with Crippen LogP contribution in [0.15, 0.2) is 181 Å². The van der Waals surface area contributed by atoms with Crippen molar-refractivity contribution in [3.63, 3.8) is 0 Å². The second-order valence-corrected chi connectivity index (χ2v) is 32.2. The van der Waals surface area contributed by atoms with Crippen molar-refractivity contribution in [3.05, 3.63) is 181 Å². The average Bonchev–Trinajstić information content (AvgIpc) is 1.68. The van der Waals surface area contributed by atoms with Crippen LogP contribution in [0.2, 0.25) is 0 Å². The minimum atomic E-state index is -0.580. The number of hydrogen-bond donors (Lipinski definition) is 2. The second kappa shape index (κ2) is 29.5. The van der Waals surface area contributed by atoms with Crippen molar-refractivity contribution in [2.45, 2.75) is 95.5 Å². The molecule has 4 aromatic heterocycles. The van der Waals surface area contributed by atoms with E-state index in [1.165, 1.54) is 75.2 Å². The number of aromatic nitrogens is 4. The van der Waals surface area contributed by atoms with Gasteiger partial charge in [-0.25, -0.2) is 0 Å². The molecule has 0 aliphatic heterocycles. The van der Waals surface area contributed by atoms with E-state index >= 15 is 0 Å². The number of rotatable bonds is 28. The highest BCUT2D eigenvalue weighted by Crippen LogP contribution is 2.39. The van der Waals surface area contributed by atoms with Crippen molar-refractivity contribution in [3.8, 4) is 0 Å². The number of aliphatic hydroxyl groups is 2. The van der Waals surface area contributed by atoms with Crippen LogP contribution in [0.1, 0.15) is 44.9 Å². The zero-order valence-corrected chi connectivity index (χ0v) is 61.8. The summed E-state index contributed by atoms with van der Waals surface area (Å²) in [5.41, 5.74) is 9.19. The Balaban J connectivity index is 0.596. The van der Waals surface area contributed by atoms with Crippen molar-refractivity contribution in [2.75, 3.05) is 36.2 Å². The summed E-state index contributed by atoms with van der Waals surface area (Å²) in [6.07, 6.45) is 6.70. The van der Waals surface area contributed by atoms with Crippen LogP contribution in [0, 0.1) is 0 Å². The number of benzene rings is 8. The van der Waals surface area contributed by atoms with Crippen molar-refractivity contribution in [2.24, 2.45) is 0 Å². The molecule has 18 heteroatoms. The monoisotopic (exact) mass is 1710 g/mol. The maximum Gasteiger partial charge on any atom is 0.0934 e. The Morgan fingerprint density at radius 2 is 0.494 bits per heavy atom. The first-order valence-corrected chi connectivity index (χ1v) is 38.1. The number of thioether (sulfide) groups is 2. The summed E-state index contributed by atoms with van der Waals surface area (Å²) in [7, 11) is 0. The fraction of sp³-hybridized carbons (Fsp3) is 0.304. The third-order valence-electron chi connectivity index (χ3n) is 16.4. The molecule has 0 amide bonds. The van der Waals surface area contributed by atoms with Gasteiger partial charge in [0, 0.05) is 135 Å². The molecule has 0 saturated carbocycles. The van der Waals surface area contributed by atoms with Gasteiger partial charge in [0.25, 0.3) is 0 Å². The Bertz CT molecular complexity index is 3680. The number of aliphatic hydroxyl groups excluding tert-OH is 2. The molecule has 0 spiro atoms. The van der Waals surface area contributed by atoms with Crippen molar-refractivity contribution < 1.29 is 19.7 Å². The van der Waals surface area contributed by atoms with Gasteiger partial charge in [-0.3, -0.25) is 0 Å². The molecule has 0 radical (unpaired) electrons. The molecule has 0 saturated heterocycles. The Morgan fingerprint density at radius 3 is 0.701 bits per heavy atom. The quantitative estimate of drug-likeness (QED) is 0.0476. The molecule has 2 atom stereocenters. The largest absolute Gasteiger partial charge is 0.390 e. The minimum absolute atomic E-state index is 0.238. The van der Waals surface area contributed by atoms with Gasteiger partial charge in [-0.2, -0.15) is 23.5 Å². The first-order chi connectivity index (χ1) is 42.2. The molecular formula is C69H64Br8N4O4S2. The summed E-state index contributed by atoms with van der Waals surface area (Å²) in [6.45, 7) is 2.98. The fourth-order valence-electron chi connectivity index (χ4n) is 12.4. The first-order valence-electron chi connectivity index (χ1n) is 29.5. The number of hydrogen-bond acceptors (Lipinski definition) is 6. The van der Waals surface area contributed by atoms with Crippen LogP contribution in [-0.2, 0) is 35.7 Å². The molecule has 452 valence electrons. The molecule has 0 aliphatic rings. The van der Waals surface area contributed by atoms with Crippen LogP contribution in [0.25, 0.3) is 87.2 Å². The third kappa shape index (κ3) is 15.1. The average molecular weight is 1720 g/mol. The van der Waals surface area contributed by atoms with Gasteiger partial charge in [-0.15, -0.1) is 0 Å². The SMILES string of the molecule is OC(COC(Cn1c2ccc(Br)cc2c2cc(Br)ccc21)Cn1c2ccc(Br)cc2c2cc(Br)ccc21)CSCCCCCCCCCSCC(O)COC(Cn1c2ccc(Br)cc2c2cc(Br)ccc21)Cn1c2ccc(Br)cc2c2cc(Br)ccc21. The Morgan fingerprint density at radius 1 is 0.299 bits per heavy atom. The van der Waals surface area contributed by atoms with Crippen molar-refractivity contribution in [1.82, 2.24) is 18.3 Å². The van der Waals surface area contributed by atoms with Crippen LogP contribution in [-0.4, -0.2) is 89.1 Å². The zero-order chi connectivity index (χ0) is 60.3. The Kier molecular flexibility index (Phi) is 21.9. The van der Waals surface area contributed by atoms with E-state index in [1.54, 1.807) is 0 Å². The van der Waals surface area contributed by atoms with Gasteiger partial charge in [0.05, 0.1) is 63.8 Å². The fourth-order valence-corrected chi connectivity index (χ4v) is 17.2. The van der Waals surface area contributed by atoms with Crippen molar-refractivity contribution in [1.29, 1.82) is 0 Å². The number of halogens is 8. The van der Waals surface area contributed by atoms with E-state index < -0.39 is 12.2 Å². The van der Waals surface area contributed by atoms with Gasteiger partial charge in [0.15, 0.2) is 0 Å². The van der Waals surface area contributed by atoms with Gasteiger partial charge in [0.1, 0.15) is 0 Å². The standard InChI is InChI=1S/C69H64Br8N4O4S2/c70-42-8-16-62-54(26-42)55-27-43(71)9-17-63(55)78(62)34-52(35-79-64-18-10-44(72)28-56(64)57-29-45(73)11-19-65(57)79)84-38-50(82)40-86-24-6-4-2-1-3-5-7-25-87-41-51(83)39-85-53(36-80-66-20-12-46(74)30-58(66)59-31-47(75)13-21-67(59)80)37-81-68-22-14-48(76)32-60(68)61-33-49(77)15-23-69(61)81/h8-23,26-33,50-53,82-83H,1-7,24-25,34-41H2. The van der Waals surface area contributed by atoms with Gasteiger partial charge in [-0.05, 0) is 170 Å². The van der Waals surface area contributed by atoms with Crippen LogP contribution in [0.4, 0.5) is 0 Å². The van der Waals surface area contributed by atoms with E-state index in [4.69, 9.17) is 9.47 Å². The summed E-state index contributed by atoms with van der Waals surface area (Å²) in [4.78, 5) is 0. The van der Waals surface area contributed by atoms with Gasteiger partial charge >= 0.3 is 0 Å². The molecule has 87 heavy (non-hydrogen) atoms. The lowest BCUT2D eigenvalue weighted by atomic mass is 10.1. The number of ether oxygens (including phenoxy) is 2. The maximum absolute atomic E-state index is 11.4. The molecular weight excluding hydrogens is 1650 g/mol. The number of unbranched alkanes of at least 4 members (excludes halogenated alkanes) is 6. The van der Waals surface area contributed by atoms with E-state index in [0.717, 1.165) is 104 Å². The van der Waals surface area contributed by atoms with Gasteiger partial charge in [0.2, 0.25) is 0 Å². The molecule has 2 N–H and O–H groups in total. The van der Waals surface area contributed by atoms with Crippen molar-refractivity contribution >= 4 is 238 Å². The highest BCUT2D eigenvalue weighted by Gasteiger charge is 2.24. The maximum atomic E-state index is 11.4. The zero-order valence-electron chi connectivity index (χ0n) is 47.5. The molecule has 0 aliphatic carbocycles. The molecule has 0 bridgehead atoms. The molecule has 2 unspecified atom stereocenters. The molecule has 8 nitrogen and oxygen atoms in total. The summed E-state index contributed by atoms with van der Waals surface area (Å²) in [5, 5.41) is 32.3. The van der Waals surface area contributed by atoms with Crippen LogP contribution in [0.5, 0.6) is 0 Å². The third-order valence-corrected chi connectivity index (χ3v) is 22.8. The lowest BCUT2D eigenvalue weighted by Crippen LogP contribution is -2.30. The number of fused-ring (bicyclic) bond motifs is 12. The van der Waals surface area contributed by atoms with E-state index in [2.05, 4.69) is 291 Å². The Labute approximate surface area is 582 Å². The van der Waals surface area contributed by atoms with Crippen LogP contribution >= 0.6 is 151 Å². The minimum Gasteiger partial charge on any atom is -0.390 e. The molecule has 12 aromatic rings. The second-order valence-electron chi connectivity index (χ2n) is 22.6. The first kappa shape index (κ1) is 64.4. The number of nitrogens with zero attached hydrogens (tertiary/aromatic N) is 4. The van der Waals surface area contributed by atoms with E-state index in [1.807, 2.05) is 23.5 Å². The highest BCUT2D eigenvalue weighted by molar-refractivity contribution is 9.11. The predicted molar refractivity (Wildman–Crippen MR) is 398 cm³/mol. The summed E-state index contributed by atoms with van der Waals surface area (Å²) >= 11 is 33.5. The predicted octanol–water partition coefficient (Wildman–Crippen LogP) is 22.0. The van der Waals surface area contributed by atoms with Gasteiger partial charge in [-0.1, -0.05) is 160 Å². The summed E-state index contributed by atoms with van der Waals surface area (Å²) < 4.78 is 31.6. The molecule has 4 heterocycles. The van der Waals surface area contributed by atoms with Crippen LogP contribution in [0.3, 0.4) is 0 Å². The smallest absolute Gasteiger partial charge is 0.0934 e. The normalized spacial score (nSPS) is 13.1. The highest BCUT2D eigenvalue weighted by atomic mass is 79.9. The lowest BCUT2D eigenvalue weighted by Gasteiger charge is -2.23. The summed E-state index contributed by atoms with van der Waals surface area (Å²) in [6, 6.07) is 52.0. The Hall–Kier alpha value is -2.66. The summed E-state index contributed by atoms with van der Waals surface area (Å²) in [5.74, 6) is 3.32. The molecule has 0 fully saturated rings. The van der Waals surface area contributed by atoms with Crippen LogP contribution < -0.4 is 0 Å².